The topological polar surface area (TPSA) is 76.7 Å². The van der Waals surface area contributed by atoms with E-state index in [0.717, 1.165) is 0 Å². The second kappa shape index (κ2) is 10.7. The van der Waals surface area contributed by atoms with Crippen LogP contribution in [-0.2, 0) is 11.2 Å². The highest BCUT2D eigenvalue weighted by atomic mass is 19.1. The van der Waals surface area contributed by atoms with Crippen molar-refractivity contribution in [3.8, 4) is 11.5 Å². The number of carbonyl (C=O) groups is 2. The minimum atomic E-state index is -0.344. The maximum Gasteiger partial charge on any atom is 0.251 e. The van der Waals surface area contributed by atoms with Crippen LogP contribution in [0, 0.1) is 5.82 Å². The van der Waals surface area contributed by atoms with Crippen molar-refractivity contribution in [3.63, 3.8) is 0 Å². The van der Waals surface area contributed by atoms with Gasteiger partial charge in [0.2, 0.25) is 5.91 Å². The van der Waals surface area contributed by atoms with Gasteiger partial charge in [-0.25, -0.2) is 4.39 Å². The normalized spacial score (nSPS) is 10.1. The van der Waals surface area contributed by atoms with Crippen molar-refractivity contribution in [3.05, 3.63) is 72.1 Å². The zero-order valence-corrected chi connectivity index (χ0v) is 15.7. The van der Waals surface area contributed by atoms with Crippen molar-refractivity contribution < 1.29 is 23.5 Å². The molecule has 2 rings (SSSR count). The van der Waals surface area contributed by atoms with Crippen LogP contribution >= 0.6 is 0 Å². The van der Waals surface area contributed by atoms with Gasteiger partial charge in [0.15, 0.2) is 11.5 Å². The Morgan fingerprint density at radius 2 is 1.79 bits per heavy atom. The third-order valence-corrected chi connectivity index (χ3v) is 3.79. The number of nitrogens with one attached hydrogen (secondary N) is 2. The third-order valence-electron chi connectivity index (χ3n) is 3.79. The van der Waals surface area contributed by atoms with E-state index in [1.165, 1.54) is 19.2 Å². The van der Waals surface area contributed by atoms with Gasteiger partial charge in [-0.2, -0.15) is 0 Å². The summed E-state index contributed by atoms with van der Waals surface area (Å²) < 4.78 is 23.5. The SMILES string of the molecule is C=CCOc1ccc(C(=O)NCCNC(=O)Cc2ccc(F)cc2)cc1OC. The van der Waals surface area contributed by atoms with E-state index in [-0.39, 0.29) is 37.1 Å². The van der Waals surface area contributed by atoms with Gasteiger partial charge in [-0.15, -0.1) is 0 Å². The fourth-order valence-corrected chi connectivity index (χ4v) is 2.41. The Hall–Kier alpha value is -3.35. The molecule has 2 N–H and O–H groups in total. The molecule has 0 aliphatic carbocycles. The minimum absolute atomic E-state index is 0.150. The van der Waals surface area contributed by atoms with Crippen LogP contribution in [0.25, 0.3) is 0 Å². The molecule has 2 aromatic carbocycles. The molecular weight excluding hydrogens is 363 g/mol. The summed E-state index contributed by atoms with van der Waals surface area (Å²) in [6.45, 7) is 4.47. The summed E-state index contributed by atoms with van der Waals surface area (Å²) in [5.74, 6) is 0.130. The van der Waals surface area contributed by atoms with E-state index in [0.29, 0.717) is 29.2 Å². The number of rotatable bonds is 10. The lowest BCUT2D eigenvalue weighted by Gasteiger charge is -2.11. The predicted molar refractivity (Wildman–Crippen MR) is 104 cm³/mol. The van der Waals surface area contributed by atoms with Crippen LogP contribution in [0.5, 0.6) is 11.5 Å². The summed E-state index contributed by atoms with van der Waals surface area (Å²) in [5.41, 5.74) is 1.13. The summed E-state index contributed by atoms with van der Waals surface area (Å²) in [4.78, 5) is 24.1. The Labute approximate surface area is 163 Å². The van der Waals surface area contributed by atoms with Crippen LogP contribution < -0.4 is 20.1 Å². The molecule has 28 heavy (non-hydrogen) atoms. The van der Waals surface area contributed by atoms with Crippen LogP contribution in [0.15, 0.2) is 55.1 Å². The van der Waals surface area contributed by atoms with E-state index in [1.54, 1.807) is 36.4 Å². The van der Waals surface area contributed by atoms with Crippen LogP contribution in [0.4, 0.5) is 4.39 Å². The molecule has 0 radical (unpaired) electrons. The summed E-state index contributed by atoms with van der Waals surface area (Å²) >= 11 is 0. The molecule has 6 nitrogen and oxygen atoms in total. The van der Waals surface area contributed by atoms with Gasteiger partial charge in [-0.05, 0) is 35.9 Å². The number of halogens is 1. The molecule has 0 aromatic heterocycles. The number of amides is 2. The Kier molecular flexibility index (Phi) is 8.02. The van der Waals surface area contributed by atoms with E-state index in [4.69, 9.17) is 9.47 Å². The smallest absolute Gasteiger partial charge is 0.251 e. The van der Waals surface area contributed by atoms with E-state index in [2.05, 4.69) is 17.2 Å². The molecule has 0 unspecified atom stereocenters. The van der Waals surface area contributed by atoms with Crippen LogP contribution in [0.1, 0.15) is 15.9 Å². The van der Waals surface area contributed by atoms with Crippen molar-refractivity contribution in [1.29, 1.82) is 0 Å². The molecule has 0 saturated heterocycles. The van der Waals surface area contributed by atoms with Gasteiger partial charge >= 0.3 is 0 Å². The van der Waals surface area contributed by atoms with Crippen LogP contribution in [0.3, 0.4) is 0 Å². The van der Waals surface area contributed by atoms with Gasteiger partial charge in [-0.1, -0.05) is 24.8 Å². The third kappa shape index (κ3) is 6.42. The van der Waals surface area contributed by atoms with Crippen molar-refractivity contribution in [1.82, 2.24) is 10.6 Å². The van der Waals surface area contributed by atoms with E-state index in [9.17, 15) is 14.0 Å². The Morgan fingerprint density at radius 3 is 2.46 bits per heavy atom. The van der Waals surface area contributed by atoms with E-state index in [1.807, 2.05) is 0 Å². The molecular formula is C21H23FN2O4. The van der Waals surface area contributed by atoms with Gasteiger partial charge in [0.1, 0.15) is 12.4 Å². The highest BCUT2D eigenvalue weighted by Gasteiger charge is 2.11. The van der Waals surface area contributed by atoms with Crippen molar-refractivity contribution in [2.75, 3.05) is 26.8 Å². The Bertz CT molecular complexity index is 822. The molecule has 0 atom stereocenters. The Balaban J connectivity index is 1.78. The summed E-state index contributed by atoms with van der Waals surface area (Å²) in [6.07, 6.45) is 1.77. The predicted octanol–water partition coefficient (Wildman–Crippen LogP) is 2.49. The lowest BCUT2D eigenvalue weighted by Crippen LogP contribution is -2.35. The number of hydrogen-bond donors (Lipinski definition) is 2. The fourth-order valence-electron chi connectivity index (χ4n) is 2.41. The first-order valence-corrected chi connectivity index (χ1v) is 8.74. The highest BCUT2D eigenvalue weighted by molar-refractivity contribution is 5.94. The van der Waals surface area contributed by atoms with Gasteiger partial charge in [0, 0.05) is 18.7 Å². The molecule has 0 heterocycles. The first-order valence-electron chi connectivity index (χ1n) is 8.74. The largest absolute Gasteiger partial charge is 0.493 e. The quantitative estimate of drug-likeness (QED) is 0.486. The maximum absolute atomic E-state index is 12.9. The van der Waals surface area contributed by atoms with Crippen molar-refractivity contribution in [2.45, 2.75) is 6.42 Å². The fraction of sp³-hybridized carbons (Fsp3) is 0.238. The lowest BCUT2D eigenvalue weighted by atomic mass is 10.1. The van der Waals surface area contributed by atoms with Crippen molar-refractivity contribution in [2.24, 2.45) is 0 Å². The molecule has 0 saturated carbocycles. The number of ether oxygens (including phenoxy) is 2. The second-order valence-corrected chi connectivity index (χ2v) is 5.87. The maximum atomic E-state index is 12.9. The Morgan fingerprint density at radius 1 is 1.07 bits per heavy atom. The van der Waals surface area contributed by atoms with Gasteiger partial charge in [0.25, 0.3) is 5.91 Å². The molecule has 0 aliphatic rings. The molecule has 2 amide bonds. The summed E-state index contributed by atoms with van der Waals surface area (Å²) in [5, 5.41) is 5.43. The molecule has 0 bridgehead atoms. The highest BCUT2D eigenvalue weighted by Crippen LogP contribution is 2.28. The van der Waals surface area contributed by atoms with Crippen LogP contribution in [-0.4, -0.2) is 38.6 Å². The zero-order valence-electron chi connectivity index (χ0n) is 15.7. The molecule has 7 heteroatoms. The molecule has 0 fully saturated rings. The average Bonchev–Trinajstić information content (AvgIpc) is 2.71. The molecule has 0 spiro atoms. The first-order chi connectivity index (χ1) is 13.5. The standard InChI is InChI=1S/C21H23FN2O4/c1-3-12-28-18-9-6-16(14-19(18)27-2)21(26)24-11-10-23-20(25)13-15-4-7-17(22)8-5-15/h3-9,14H,1,10-13H2,2H3,(H,23,25)(H,24,26). The van der Waals surface area contributed by atoms with Gasteiger partial charge < -0.3 is 20.1 Å². The van der Waals surface area contributed by atoms with Gasteiger partial charge in [0.05, 0.1) is 13.5 Å². The van der Waals surface area contributed by atoms with Gasteiger partial charge in [-0.3, -0.25) is 9.59 Å². The van der Waals surface area contributed by atoms with Crippen LogP contribution in [0.2, 0.25) is 0 Å². The number of hydrogen-bond acceptors (Lipinski definition) is 4. The van der Waals surface area contributed by atoms with E-state index >= 15 is 0 Å². The second-order valence-electron chi connectivity index (χ2n) is 5.87. The minimum Gasteiger partial charge on any atom is -0.493 e. The number of carbonyl (C=O) groups excluding carboxylic acids is 2. The molecule has 2 aromatic rings. The molecule has 0 aliphatic heterocycles. The summed E-state index contributed by atoms with van der Waals surface area (Å²) in [7, 11) is 1.49. The zero-order chi connectivity index (χ0) is 20.4. The van der Waals surface area contributed by atoms with Crippen molar-refractivity contribution >= 4 is 11.8 Å². The lowest BCUT2D eigenvalue weighted by molar-refractivity contribution is -0.120. The number of methoxy groups -OCH3 is 1. The van der Waals surface area contributed by atoms with E-state index < -0.39 is 0 Å². The monoisotopic (exact) mass is 386 g/mol. The molecule has 148 valence electrons. The summed E-state index contributed by atoms with van der Waals surface area (Å²) in [6, 6.07) is 10.6. The number of benzene rings is 2. The first kappa shape index (κ1) is 21.0. The average molecular weight is 386 g/mol.